The van der Waals surface area contributed by atoms with Crippen LogP contribution in [0.25, 0.3) is 11.1 Å². The van der Waals surface area contributed by atoms with Crippen molar-refractivity contribution in [3.63, 3.8) is 0 Å². The summed E-state index contributed by atoms with van der Waals surface area (Å²) in [6, 6.07) is 8.31. The van der Waals surface area contributed by atoms with Gasteiger partial charge in [0.05, 0.1) is 4.88 Å². The van der Waals surface area contributed by atoms with Gasteiger partial charge in [-0.3, -0.25) is 4.79 Å². The van der Waals surface area contributed by atoms with Crippen molar-refractivity contribution < 1.29 is 9.18 Å². The monoisotopic (exact) mass is 354 g/mol. The summed E-state index contributed by atoms with van der Waals surface area (Å²) < 4.78 is 13.0. The molecule has 0 saturated carbocycles. The second kappa shape index (κ2) is 7.43. The summed E-state index contributed by atoms with van der Waals surface area (Å²) in [5, 5.41) is 0. The van der Waals surface area contributed by atoms with Crippen molar-refractivity contribution in [2.45, 2.75) is 13.3 Å². The quantitative estimate of drug-likeness (QED) is 0.913. The van der Waals surface area contributed by atoms with Gasteiger partial charge in [-0.15, -0.1) is 23.7 Å². The Bertz CT molecular complexity index is 686. The Kier molecular flexibility index (Phi) is 5.79. The summed E-state index contributed by atoms with van der Waals surface area (Å²) in [5.74, 6) is 0.247. The van der Waals surface area contributed by atoms with E-state index in [1.54, 1.807) is 12.1 Å². The third-order valence-corrected chi connectivity index (χ3v) is 5.23. The standard InChI is InChI=1S/C17H19FN2OS.ClH/c1-11-15(13-2-4-14(18)5-3-13)8-16(22-11)17(21)20-7-6-12(9-19)10-20;/h2-5,8,12H,6-7,9-10,19H2,1H3;1H. The topological polar surface area (TPSA) is 46.3 Å². The van der Waals surface area contributed by atoms with Gasteiger partial charge in [-0.25, -0.2) is 4.39 Å². The normalized spacial score (nSPS) is 17.2. The number of hydrogen-bond acceptors (Lipinski definition) is 3. The zero-order chi connectivity index (χ0) is 15.7. The maximum Gasteiger partial charge on any atom is 0.263 e. The van der Waals surface area contributed by atoms with E-state index in [4.69, 9.17) is 5.73 Å². The van der Waals surface area contributed by atoms with Gasteiger partial charge >= 0.3 is 0 Å². The Morgan fingerprint density at radius 1 is 1.39 bits per heavy atom. The number of amides is 1. The van der Waals surface area contributed by atoms with Crippen LogP contribution in [0.4, 0.5) is 4.39 Å². The largest absolute Gasteiger partial charge is 0.338 e. The molecule has 3 rings (SSSR count). The molecule has 1 saturated heterocycles. The highest BCUT2D eigenvalue weighted by molar-refractivity contribution is 7.14. The number of hydrogen-bond donors (Lipinski definition) is 1. The molecule has 3 nitrogen and oxygen atoms in total. The van der Waals surface area contributed by atoms with Gasteiger partial charge in [0, 0.05) is 18.0 Å². The zero-order valence-corrected chi connectivity index (χ0v) is 14.6. The van der Waals surface area contributed by atoms with Crippen LogP contribution in [-0.2, 0) is 0 Å². The molecule has 2 aromatic rings. The molecule has 6 heteroatoms. The zero-order valence-electron chi connectivity index (χ0n) is 12.9. The minimum Gasteiger partial charge on any atom is -0.338 e. The Hall–Kier alpha value is -1.43. The number of halogens is 2. The molecule has 0 spiro atoms. The summed E-state index contributed by atoms with van der Waals surface area (Å²) in [7, 11) is 0. The number of rotatable bonds is 3. The van der Waals surface area contributed by atoms with Crippen LogP contribution in [0.5, 0.6) is 0 Å². The van der Waals surface area contributed by atoms with Crippen molar-refractivity contribution in [2.75, 3.05) is 19.6 Å². The lowest BCUT2D eigenvalue weighted by molar-refractivity contribution is 0.0792. The van der Waals surface area contributed by atoms with E-state index in [1.807, 2.05) is 17.9 Å². The van der Waals surface area contributed by atoms with Crippen molar-refractivity contribution in [3.05, 3.63) is 45.9 Å². The van der Waals surface area contributed by atoms with E-state index in [-0.39, 0.29) is 24.1 Å². The second-order valence-corrected chi connectivity index (χ2v) is 6.99. The van der Waals surface area contributed by atoms with Crippen LogP contribution in [0.2, 0.25) is 0 Å². The number of carbonyl (C=O) groups is 1. The first-order chi connectivity index (χ1) is 10.6. The molecule has 0 radical (unpaired) electrons. The predicted octanol–water partition coefficient (Wildman–Crippen LogP) is 3.71. The van der Waals surface area contributed by atoms with Crippen molar-refractivity contribution in [1.29, 1.82) is 0 Å². The average molecular weight is 355 g/mol. The lowest BCUT2D eigenvalue weighted by Gasteiger charge is -2.14. The SMILES string of the molecule is Cc1sc(C(=O)N2CCC(CN)C2)cc1-c1ccc(F)cc1.Cl. The van der Waals surface area contributed by atoms with Crippen LogP contribution in [0.1, 0.15) is 21.0 Å². The molecule has 124 valence electrons. The fourth-order valence-corrected chi connectivity index (χ4v) is 3.88. The van der Waals surface area contributed by atoms with Gasteiger partial charge in [0.1, 0.15) is 5.82 Å². The van der Waals surface area contributed by atoms with Gasteiger partial charge in [-0.05, 0) is 55.1 Å². The average Bonchev–Trinajstić information content (AvgIpc) is 3.14. The number of nitrogens with zero attached hydrogens (tertiary/aromatic N) is 1. The Morgan fingerprint density at radius 3 is 2.70 bits per heavy atom. The minimum atomic E-state index is -0.252. The third kappa shape index (κ3) is 3.74. The van der Waals surface area contributed by atoms with Crippen LogP contribution in [-0.4, -0.2) is 30.4 Å². The van der Waals surface area contributed by atoms with Crippen LogP contribution in [0.15, 0.2) is 30.3 Å². The molecule has 0 bridgehead atoms. The molecule has 1 aromatic heterocycles. The van der Waals surface area contributed by atoms with E-state index >= 15 is 0 Å². The van der Waals surface area contributed by atoms with Crippen molar-refractivity contribution in [2.24, 2.45) is 11.7 Å². The molecule has 1 aliphatic rings. The van der Waals surface area contributed by atoms with E-state index < -0.39 is 0 Å². The van der Waals surface area contributed by atoms with E-state index in [0.717, 1.165) is 40.4 Å². The number of thiophene rings is 1. The highest BCUT2D eigenvalue weighted by Gasteiger charge is 2.27. The van der Waals surface area contributed by atoms with Crippen molar-refractivity contribution in [1.82, 2.24) is 4.90 Å². The molecule has 23 heavy (non-hydrogen) atoms. The van der Waals surface area contributed by atoms with E-state index in [9.17, 15) is 9.18 Å². The molecular weight excluding hydrogens is 335 g/mol. The van der Waals surface area contributed by atoms with Crippen molar-refractivity contribution >= 4 is 29.7 Å². The lowest BCUT2D eigenvalue weighted by atomic mass is 10.1. The number of benzene rings is 1. The molecule has 1 fully saturated rings. The molecule has 1 aliphatic heterocycles. The highest BCUT2D eigenvalue weighted by atomic mass is 35.5. The summed E-state index contributed by atoms with van der Waals surface area (Å²) in [5.41, 5.74) is 7.63. The molecule has 2 N–H and O–H groups in total. The number of carbonyl (C=O) groups excluding carboxylic acids is 1. The first-order valence-electron chi connectivity index (χ1n) is 7.44. The Morgan fingerprint density at radius 2 is 2.09 bits per heavy atom. The summed E-state index contributed by atoms with van der Waals surface area (Å²) in [6.45, 7) is 4.16. The summed E-state index contributed by atoms with van der Waals surface area (Å²) in [4.78, 5) is 16.3. The van der Waals surface area contributed by atoms with Gasteiger partial charge in [-0.1, -0.05) is 12.1 Å². The summed E-state index contributed by atoms with van der Waals surface area (Å²) >= 11 is 1.50. The Labute approximate surface area is 145 Å². The molecule has 0 aliphatic carbocycles. The highest BCUT2D eigenvalue weighted by Crippen LogP contribution is 2.32. The first-order valence-corrected chi connectivity index (χ1v) is 8.26. The van der Waals surface area contributed by atoms with Gasteiger partial charge in [0.2, 0.25) is 0 Å². The molecular formula is C17H20ClFN2OS. The summed E-state index contributed by atoms with van der Waals surface area (Å²) in [6.07, 6.45) is 0.984. The lowest BCUT2D eigenvalue weighted by Crippen LogP contribution is -2.29. The smallest absolute Gasteiger partial charge is 0.263 e. The maximum absolute atomic E-state index is 13.0. The molecule has 2 heterocycles. The molecule has 1 amide bonds. The fraction of sp³-hybridized carbons (Fsp3) is 0.353. The van der Waals surface area contributed by atoms with Gasteiger partial charge < -0.3 is 10.6 Å². The van der Waals surface area contributed by atoms with Crippen molar-refractivity contribution in [3.8, 4) is 11.1 Å². The maximum atomic E-state index is 13.0. The van der Waals surface area contributed by atoms with E-state index in [2.05, 4.69) is 0 Å². The third-order valence-electron chi connectivity index (χ3n) is 4.19. The van der Waals surface area contributed by atoms with Gasteiger partial charge in [-0.2, -0.15) is 0 Å². The first kappa shape index (κ1) is 17.9. The number of nitrogens with two attached hydrogens (primary N) is 1. The molecule has 1 unspecified atom stereocenters. The van der Waals surface area contributed by atoms with Crippen LogP contribution in [0, 0.1) is 18.7 Å². The number of likely N-dealkylation sites (tertiary alicyclic amines) is 1. The van der Waals surface area contributed by atoms with Crippen LogP contribution < -0.4 is 5.73 Å². The Balaban J connectivity index is 0.00000192. The number of aryl methyl sites for hydroxylation is 1. The molecule has 1 atom stereocenters. The predicted molar refractivity (Wildman–Crippen MR) is 94.8 cm³/mol. The minimum absolute atomic E-state index is 0. The molecule has 1 aromatic carbocycles. The van der Waals surface area contributed by atoms with Crippen LogP contribution in [0.3, 0.4) is 0 Å². The fourth-order valence-electron chi connectivity index (χ4n) is 2.87. The van der Waals surface area contributed by atoms with E-state index in [0.29, 0.717) is 12.5 Å². The van der Waals surface area contributed by atoms with Gasteiger partial charge in [0.15, 0.2) is 0 Å². The second-order valence-electron chi connectivity index (χ2n) is 5.73. The van der Waals surface area contributed by atoms with E-state index in [1.165, 1.54) is 23.5 Å². The van der Waals surface area contributed by atoms with Crippen LogP contribution >= 0.6 is 23.7 Å². The van der Waals surface area contributed by atoms with Gasteiger partial charge in [0.25, 0.3) is 5.91 Å².